The fourth-order valence-electron chi connectivity index (χ4n) is 2.27. The highest BCUT2D eigenvalue weighted by atomic mass is 35.5. The minimum Gasteiger partial charge on any atom is -0.394 e. The van der Waals surface area contributed by atoms with Crippen LogP contribution in [0.4, 0.5) is 0 Å². The molecular weight excluding hydrogens is 286 g/mol. The number of aliphatic hydroxyl groups is 2. The number of unbranched alkanes of at least 4 members (excludes halogenated alkanes) is 2. The Kier molecular flexibility index (Phi) is 10.7. The molecule has 21 heavy (non-hydrogen) atoms. The van der Waals surface area contributed by atoms with Gasteiger partial charge in [-0.25, -0.2) is 0 Å². The van der Waals surface area contributed by atoms with Crippen LogP contribution in [0.25, 0.3) is 0 Å². The van der Waals surface area contributed by atoms with Gasteiger partial charge in [0.25, 0.3) is 0 Å². The Hall–Kier alpha value is -0.610. The zero-order valence-electron chi connectivity index (χ0n) is 13.1. The molecule has 0 saturated heterocycles. The van der Waals surface area contributed by atoms with E-state index in [9.17, 15) is 0 Å². The lowest BCUT2D eigenvalue weighted by atomic mass is 9.94. The first-order chi connectivity index (χ1) is 9.63. The largest absolute Gasteiger partial charge is 0.394 e. The normalized spacial score (nSPS) is 11.2. The second-order valence-electron chi connectivity index (χ2n) is 5.81. The average Bonchev–Trinajstić information content (AvgIpc) is 2.50. The highest BCUT2D eigenvalue weighted by Gasteiger charge is 2.21. The van der Waals surface area contributed by atoms with Crippen LogP contribution in [0.3, 0.4) is 0 Å². The zero-order chi connectivity index (χ0) is 14.8. The first kappa shape index (κ1) is 20.4. The van der Waals surface area contributed by atoms with Crippen molar-refractivity contribution < 1.29 is 10.2 Å². The van der Waals surface area contributed by atoms with Crippen LogP contribution in [0.5, 0.6) is 0 Å². The van der Waals surface area contributed by atoms with Crippen molar-refractivity contribution in [2.75, 3.05) is 13.2 Å². The second-order valence-corrected chi connectivity index (χ2v) is 5.81. The van der Waals surface area contributed by atoms with Crippen molar-refractivity contribution in [3.8, 4) is 0 Å². The Bertz CT molecular complexity index is 364. The van der Waals surface area contributed by atoms with E-state index in [1.54, 1.807) is 0 Å². The maximum atomic E-state index is 9.12. The van der Waals surface area contributed by atoms with Crippen LogP contribution < -0.4 is 5.73 Å². The third-order valence-electron chi connectivity index (χ3n) is 3.86. The van der Waals surface area contributed by atoms with E-state index in [1.165, 1.54) is 30.4 Å². The third kappa shape index (κ3) is 7.82. The molecule has 1 rings (SSSR count). The van der Waals surface area contributed by atoms with Crippen molar-refractivity contribution in [1.82, 2.24) is 0 Å². The Morgan fingerprint density at radius 3 is 1.81 bits per heavy atom. The van der Waals surface area contributed by atoms with E-state index in [1.807, 2.05) is 0 Å². The summed E-state index contributed by atoms with van der Waals surface area (Å²) in [7, 11) is 0. The van der Waals surface area contributed by atoms with Gasteiger partial charge >= 0.3 is 0 Å². The number of aryl methyl sites for hydroxylation is 2. The summed E-state index contributed by atoms with van der Waals surface area (Å²) in [6, 6.07) is 8.86. The molecule has 122 valence electrons. The lowest BCUT2D eigenvalue weighted by Crippen LogP contribution is -2.47. The van der Waals surface area contributed by atoms with Gasteiger partial charge in [0, 0.05) is 0 Å². The second kappa shape index (κ2) is 11.0. The molecule has 0 spiro atoms. The minimum atomic E-state index is -0.815. The van der Waals surface area contributed by atoms with Crippen molar-refractivity contribution in [2.24, 2.45) is 5.73 Å². The van der Waals surface area contributed by atoms with E-state index in [0.717, 1.165) is 19.3 Å². The molecule has 1 aromatic carbocycles. The average molecular weight is 316 g/mol. The number of hydrogen-bond acceptors (Lipinski definition) is 3. The fourth-order valence-corrected chi connectivity index (χ4v) is 2.27. The van der Waals surface area contributed by atoms with Crippen LogP contribution in [0, 0.1) is 0 Å². The molecule has 0 saturated carbocycles. The van der Waals surface area contributed by atoms with Crippen molar-refractivity contribution in [3.63, 3.8) is 0 Å². The van der Waals surface area contributed by atoms with E-state index in [-0.39, 0.29) is 25.6 Å². The summed E-state index contributed by atoms with van der Waals surface area (Å²) in [5, 5.41) is 18.2. The van der Waals surface area contributed by atoms with E-state index < -0.39 is 5.54 Å². The number of aliphatic hydroxyl groups excluding tert-OH is 2. The van der Waals surface area contributed by atoms with Crippen LogP contribution in [0.1, 0.15) is 50.2 Å². The van der Waals surface area contributed by atoms with Gasteiger partial charge in [-0.2, -0.15) is 0 Å². The monoisotopic (exact) mass is 315 g/mol. The first-order valence-corrected chi connectivity index (χ1v) is 7.72. The molecule has 0 heterocycles. The van der Waals surface area contributed by atoms with Crippen molar-refractivity contribution >= 4 is 12.4 Å². The minimum absolute atomic E-state index is 0. The molecule has 0 fully saturated rings. The van der Waals surface area contributed by atoms with Gasteiger partial charge in [-0.3, -0.25) is 0 Å². The predicted molar refractivity (Wildman–Crippen MR) is 90.9 cm³/mol. The van der Waals surface area contributed by atoms with Crippen LogP contribution in [-0.4, -0.2) is 29.0 Å². The molecule has 4 N–H and O–H groups in total. The van der Waals surface area contributed by atoms with Crippen molar-refractivity contribution in [3.05, 3.63) is 35.4 Å². The topological polar surface area (TPSA) is 66.5 Å². The maximum absolute atomic E-state index is 9.12. The van der Waals surface area contributed by atoms with E-state index >= 15 is 0 Å². The molecule has 0 amide bonds. The molecule has 3 nitrogen and oxygen atoms in total. The Labute approximate surface area is 135 Å². The first-order valence-electron chi connectivity index (χ1n) is 7.72. The SMILES string of the molecule is CCCCc1ccc(CCCCC(N)(CO)CO)cc1.Cl. The summed E-state index contributed by atoms with van der Waals surface area (Å²) in [4.78, 5) is 0. The molecule has 0 bridgehead atoms. The summed E-state index contributed by atoms with van der Waals surface area (Å²) < 4.78 is 0. The zero-order valence-corrected chi connectivity index (χ0v) is 13.9. The molecule has 0 aliphatic rings. The molecule has 0 aliphatic carbocycles. The van der Waals surface area contributed by atoms with Gasteiger partial charge in [0.15, 0.2) is 0 Å². The molecule has 0 aliphatic heterocycles. The van der Waals surface area contributed by atoms with E-state index in [2.05, 4.69) is 31.2 Å². The summed E-state index contributed by atoms with van der Waals surface area (Å²) in [6.07, 6.45) is 7.30. The molecular formula is C17H30ClNO2. The van der Waals surface area contributed by atoms with Crippen LogP contribution in [-0.2, 0) is 12.8 Å². The van der Waals surface area contributed by atoms with Gasteiger partial charge in [0.05, 0.1) is 18.8 Å². The van der Waals surface area contributed by atoms with Crippen molar-refractivity contribution in [2.45, 2.75) is 57.4 Å². The summed E-state index contributed by atoms with van der Waals surface area (Å²) in [6.45, 7) is 1.90. The van der Waals surface area contributed by atoms with Gasteiger partial charge in [0.1, 0.15) is 0 Å². The Morgan fingerprint density at radius 2 is 1.38 bits per heavy atom. The summed E-state index contributed by atoms with van der Waals surface area (Å²) in [5.74, 6) is 0. The standard InChI is InChI=1S/C17H29NO2.ClH/c1-2-3-6-15-8-10-16(11-9-15)7-4-5-12-17(18,13-19)14-20;/h8-11,19-20H,2-7,12-14,18H2,1H3;1H. The smallest absolute Gasteiger partial charge is 0.0633 e. The lowest BCUT2D eigenvalue weighted by molar-refractivity contribution is 0.112. The van der Waals surface area contributed by atoms with Gasteiger partial charge in [0.2, 0.25) is 0 Å². The number of halogens is 1. The molecule has 0 unspecified atom stereocenters. The fraction of sp³-hybridized carbons (Fsp3) is 0.647. The van der Waals surface area contributed by atoms with Crippen molar-refractivity contribution in [1.29, 1.82) is 0 Å². The number of hydrogen-bond donors (Lipinski definition) is 3. The number of nitrogens with two attached hydrogens (primary N) is 1. The highest BCUT2D eigenvalue weighted by Crippen LogP contribution is 2.14. The van der Waals surface area contributed by atoms with Gasteiger partial charge in [-0.15, -0.1) is 12.4 Å². The van der Waals surface area contributed by atoms with Gasteiger partial charge in [-0.1, -0.05) is 44.0 Å². The molecule has 0 aromatic heterocycles. The predicted octanol–water partition coefficient (Wildman–Crippen LogP) is 2.85. The van der Waals surface area contributed by atoms with E-state index in [0.29, 0.717) is 6.42 Å². The molecule has 0 radical (unpaired) electrons. The molecule has 0 atom stereocenters. The Balaban J connectivity index is 0.00000400. The lowest BCUT2D eigenvalue weighted by Gasteiger charge is -2.24. The van der Waals surface area contributed by atoms with Crippen LogP contribution in [0.2, 0.25) is 0 Å². The quantitative estimate of drug-likeness (QED) is 0.582. The van der Waals surface area contributed by atoms with Gasteiger partial charge < -0.3 is 15.9 Å². The summed E-state index contributed by atoms with van der Waals surface area (Å²) in [5.41, 5.74) is 7.79. The van der Waals surface area contributed by atoms with Gasteiger partial charge in [-0.05, 0) is 43.2 Å². The Morgan fingerprint density at radius 1 is 0.905 bits per heavy atom. The molecule has 4 heteroatoms. The summed E-state index contributed by atoms with van der Waals surface area (Å²) >= 11 is 0. The van der Waals surface area contributed by atoms with Crippen LogP contribution in [0.15, 0.2) is 24.3 Å². The number of benzene rings is 1. The third-order valence-corrected chi connectivity index (χ3v) is 3.86. The van der Waals surface area contributed by atoms with Crippen LogP contribution >= 0.6 is 12.4 Å². The molecule has 1 aromatic rings. The highest BCUT2D eigenvalue weighted by molar-refractivity contribution is 5.85. The van der Waals surface area contributed by atoms with E-state index in [4.69, 9.17) is 15.9 Å². The number of rotatable bonds is 10. The maximum Gasteiger partial charge on any atom is 0.0633 e.